The summed E-state index contributed by atoms with van der Waals surface area (Å²) in [4.78, 5) is 28.6. The maximum absolute atomic E-state index is 13.2. The Labute approximate surface area is 178 Å². The largest absolute Gasteiger partial charge is 0.497 e. The number of piperidine rings is 1. The van der Waals surface area contributed by atoms with E-state index in [2.05, 4.69) is 36.8 Å². The van der Waals surface area contributed by atoms with Crippen molar-refractivity contribution in [1.29, 1.82) is 0 Å². The highest BCUT2D eigenvalue weighted by Crippen LogP contribution is 2.23. The molecule has 1 amide bonds. The van der Waals surface area contributed by atoms with E-state index < -0.39 is 0 Å². The van der Waals surface area contributed by atoms with Gasteiger partial charge in [0.25, 0.3) is 0 Å². The minimum Gasteiger partial charge on any atom is -0.497 e. The normalized spacial score (nSPS) is 20.6. The van der Waals surface area contributed by atoms with Crippen molar-refractivity contribution in [3.05, 3.63) is 48.3 Å². The van der Waals surface area contributed by atoms with Crippen LogP contribution in [-0.2, 0) is 11.3 Å². The van der Waals surface area contributed by atoms with Gasteiger partial charge < -0.3 is 14.5 Å². The molecule has 2 aromatic rings. The lowest BCUT2D eigenvalue weighted by molar-refractivity contribution is -0.135. The molecule has 2 aliphatic rings. The molecule has 1 atom stereocenters. The van der Waals surface area contributed by atoms with Crippen LogP contribution in [0.15, 0.2) is 42.7 Å². The summed E-state index contributed by atoms with van der Waals surface area (Å²) in [7, 11) is 1.69. The van der Waals surface area contributed by atoms with E-state index in [9.17, 15) is 4.79 Å². The summed E-state index contributed by atoms with van der Waals surface area (Å²) in [5, 5.41) is 0. The first kappa shape index (κ1) is 20.6. The molecule has 0 unspecified atom stereocenters. The maximum atomic E-state index is 13.2. The van der Waals surface area contributed by atoms with Crippen LogP contribution in [0.25, 0.3) is 0 Å². The molecule has 0 aliphatic carbocycles. The van der Waals surface area contributed by atoms with E-state index in [-0.39, 0.29) is 5.92 Å². The van der Waals surface area contributed by atoms with Gasteiger partial charge in [-0.1, -0.05) is 12.1 Å². The Morgan fingerprint density at radius 2 is 1.83 bits per heavy atom. The highest BCUT2D eigenvalue weighted by atomic mass is 16.5. The van der Waals surface area contributed by atoms with Gasteiger partial charge in [-0.15, -0.1) is 0 Å². The molecule has 2 saturated heterocycles. The van der Waals surface area contributed by atoms with Crippen molar-refractivity contribution in [2.75, 3.05) is 51.3 Å². The number of hydrogen-bond acceptors (Lipinski definition) is 6. The summed E-state index contributed by atoms with van der Waals surface area (Å²) in [6, 6.07) is 10.1. The van der Waals surface area contributed by atoms with Crippen LogP contribution >= 0.6 is 0 Å². The van der Waals surface area contributed by atoms with Crippen LogP contribution in [0.5, 0.6) is 5.75 Å². The Hall–Kier alpha value is -2.67. The molecule has 0 spiro atoms. The van der Waals surface area contributed by atoms with Gasteiger partial charge in [0.1, 0.15) is 5.75 Å². The molecular formula is C23H31N5O2. The Kier molecular flexibility index (Phi) is 6.79. The number of anilines is 1. The van der Waals surface area contributed by atoms with Crippen LogP contribution in [0.2, 0.25) is 0 Å². The SMILES string of the molecule is COc1ccc(CN2CCCN(C(=O)[C@@H]3CCCN(c4ncccn4)C3)CC2)cc1. The van der Waals surface area contributed by atoms with E-state index in [0.717, 1.165) is 76.8 Å². The number of benzene rings is 1. The maximum Gasteiger partial charge on any atom is 0.227 e. The number of carbonyl (C=O) groups is 1. The topological polar surface area (TPSA) is 61.8 Å². The first-order valence-electron chi connectivity index (χ1n) is 10.9. The Balaban J connectivity index is 1.31. The van der Waals surface area contributed by atoms with Crippen LogP contribution in [0, 0.1) is 5.92 Å². The van der Waals surface area contributed by atoms with E-state index in [1.807, 2.05) is 18.2 Å². The lowest BCUT2D eigenvalue weighted by atomic mass is 9.96. The minimum atomic E-state index is 0.0377. The zero-order valence-electron chi connectivity index (χ0n) is 17.7. The van der Waals surface area contributed by atoms with E-state index in [1.165, 1.54) is 5.56 Å². The molecule has 1 aromatic heterocycles. The van der Waals surface area contributed by atoms with E-state index >= 15 is 0 Å². The molecule has 7 nitrogen and oxygen atoms in total. The number of carbonyl (C=O) groups excluding carboxylic acids is 1. The third-order valence-electron chi connectivity index (χ3n) is 6.07. The van der Waals surface area contributed by atoms with E-state index in [1.54, 1.807) is 19.5 Å². The lowest BCUT2D eigenvalue weighted by Gasteiger charge is -2.34. The summed E-state index contributed by atoms with van der Waals surface area (Å²) in [6.45, 7) is 6.12. The first-order valence-corrected chi connectivity index (χ1v) is 10.9. The van der Waals surface area contributed by atoms with Gasteiger partial charge in [0, 0.05) is 58.2 Å². The van der Waals surface area contributed by atoms with E-state index in [0.29, 0.717) is 5.91 Å². The number of aromatic nitrogens is 2. The fourth-order valence-electron chi connectivity index (χ4n) is 4.41. The molecule has 4 rings (SSSR count). The number of amides is 1. The quantitative estimate of drug-likeness (QED) is 0.756. The number of ether oxygens (including phenoxy) is 1. The van der Waals surface area contributed by atoms with Crippen LogP contribution in [0.1, 0.15) is 24.8 Å². The second-order valence-corrected chi connectivity index (χ2v) is 8.14. The molecule has 0 radical (unpaired) electrons. The van der Waals surface area contributed by atoms with Crippen molar-refractivity contribution < 1.29 is 9.53 Å². The van der Waals surface area contributed by atoms with Crippen LogP contribution < -0.4 is 9.64 Å². The minimum absolute atomic E-state index is 0.0377. The zero-order valence-corrected chi connectivity index (χ0v) is 17.7. The van der Waals surface area contributed by atoms with Crippen molar-refractivity contribution in [3.63, 3.8) is 0 Å². The summed E-state index contributed by atoms with van der Waals surface area (Å²) in [6.07, 6.45) is 6.50. The molecule has 0 bridgehead atoms. The fourth-order valence-corrected chi connectivity index (χ4v) is 4.41. The highest BCUT2D eigenvalue weighted by Gasteiger charge is 2.31. The lowest BCUT2D eigenvalue weighted by Crippen LogP contribution is -2.46. The van der Waals surface area contributed by atoms with Crippen molar-refractivity contribution in [2.45, 2.75) is 25.8 Å². The smallest absolute Gasteiger partial charge is 0.227 e. The first-order chi connectivity index (χ1) is 14.7. The molecule has 160 valence electrons. The average molecular weight is 410 g/mol. The molecule has 7 heteroatoms. The van der Waals surface area contributed by atoms with Crippen molar-refractivity contribution in [3.8, 4) is 5.75 Å². The summed E-state index contributed by atoms with van der Waals surface area (Å²) >= 11 is 0. The van der Waals surface area contributed by atoms with Crippen molar-refractivity contribution in [1.82, 2.24) is 19.8 Å². The number of nitrogens with zero attached hydrogens (tertiary/aromatic N) is 5. The average Bonchev–Trinajstić information content (AvgIpc) is 3.05. The number of rotatable bonds is 5. The molecule has 3 heterocycles. The van der Waals surface area contributed by atoms with Gasteiger partial charge >= 0.3 is 0 Å². The molecular weight excluding hydrogens is 378 g/mol. The number of hydrogen-bond donors (Lipinski definition) is 0. The third-order valence-corrected chi connectivity index (χ3v) is 6.07. The molecule has 2 fully saturated rings. The number of methoxy groups -OCH3 is 1. The molecule has 30 heavy (non-hydrogen) atoms. The standard InChI is InChI=1S/C23H31N5O2/c1-30-21-8-6-19(7-9-21)17-26-12-4-14-27(16-15-26)22(29)20-5-2-13-28(18-20)23-24-10-3-11-25-23/h3,6-11,20H,2,4-5,12-18H2,1H3/t20-/m1/s1. The van der Waals surface area contributed by atoms with Gasteiger partial charge in [-0.25, -0.2) is 9.97 Å². The second-order valence-electron chi connectivity index (χ2n) is 8.14. The van der Waals surface area contributed by atoms with Gasteiger partial charge in [0.05, 0.1) is 13.0 Å². The highest BCUT2D eigenvalue weighted by molar-refractivity contribution is 5.79. The monoisotopic (exact) mass is 409 g/mol. The molecule has 0 N–H and O–H groups in total. The van der Waals surface area contributed by atoms with Gasteiger partial charge in [0.2, 0.25) is 11.9 Å². The van der Waals surface area contributed by atoms with Gasteiger partial charge in [0.15, 0.2) is 0 Å². The van der Waals surface area contributed by atoms with Crippen LogP contribution in [0.3, 0.4) is 0 Å². The van der Waals surface area contributed by atoms with Gasteiger partial charge in [-0.2, -0.15) is 0 Å². The third kappa shape index (κ3) is 5.08. The van der Waals surface area contributed by atoms with Crippen LogP contribution in [0.4, 0.5) is 5.95 Å². The molecule has 1 aromatic carbocycles. The predicted molar refractivity (Wildman–Crippen MR) is 116 cm³/mol. The van der Waals surface area contributed by atoms with Crippen LogP contribution in [-0.4, -0.2) is 72.1 Å². The second kappa shape index (κ2) is 9.89. The van der Waals surface area contributed by atoms with Crippen molar-refractivity contribution in [2.24, 2.45) is 5.92 Å². The molecule has 2 aliphatic heterocycles. The Bertz CT molecular complexity index is 814. The Morgan fingerprint density at radius 3 is 2.60 bits per heavy atom. The Morgan fingerprint density at radius 1 is 1.03 bits per heavy atom. The summed E-state index contributed by atoms with van der Waals surface area (Å²) in [5.74, 6) is 1.95. The zero-order chi connectivity index (χ0) is 20.8. The molecule has 0 saturated carbocycles. The predicted octanol–water partition coefficient (Wildman–Crippen LogP) is 2.44. The fraction of sp³-hybridized carbons (Fsp3) is 0.522. The van der Waals surface area contributed by atoms with Gasteiger partial charge in [-0.3, -0.25) is 9.69 Å². The van der Waals surface area contributed by atoms with E-state index in [4.69, 9.17) is 4.74 Å². The summed E-state index contributed by atoms with van der Waals surface area (Å²) in [5.41, 5.74) is 1.28. The summed E-state index contributed by atoms with van der Waals surface area (Å²) < 4.78 is 5.24. The van der Waals surface area contributed by atoms with Crippen molar-refractivity contribution >= 4 is 11.9 Å². The van der Waals surface area contributed by atoms with Gasteiger partial charge in [-0.05, 0) is 43.0 Å².